The molecule has 0 spiro atoms. The number of anilines is 1. The predicted molar refractivity (Wildman–Crippen MR) is 126 cm³/mol. The summed E-state index contributed by atoms with van der Waals surface area (Å²) in [7, 11) is 0. The standard InChI is InChI=1S/C27H27NO5/c1-5-13-32-21-8-6-7-19(15-21)25(29)23-24(22-12-10-18(4)33-22)28(27(31)26(23)30)20-11-9-16(2)17(3)14-20/h6-12,14-15,24,29H,5,13H2,1-4H3/b25-23-. The summed E-state index contributed by atoms with van der Waals surface area (Å²) in [4.78, 5) is 27.8. The number of carbonyl (C=O) groups excluding carboxylic acids is 2. The number of ketones is 1. The summed E-state index contributed by atoms with van der Waals surface area (Å²) in [5.74, 6) is -0.104. The molecule has 1 aliphatic rings. The van der Waals surface area contributed by atoms with Crippen molar-refractivity contribution in [1.82, 2.24) is 0 Å². The van der Waals surface area contributed by atoms with E-state index in [0.29, 0.717) is 35.1 Å². The number of carbonyl (C=O) groups is 2. The quantitative estimate of drug-likeness (QED) is 0.303. The number of aryl methyl sites for hydroxylation is 3. The Hall–Kier alpha value is -3.80. The lowest BCUT2D eigenvalue weighted by Gasteiger charge is -2.24. The molecule has 1 fully saturated rings. The van der Waals surface area contributed by atoms with E-state index in [1.54, 1.807) is 49.4 Å². The van der Waals surface area contributed by atoms with Crippen LogP contribution < -0.4 is 9.64 Å². The molecular formula is C27H27NO5. The van der Waals surface area contributed by atoms with Crippen LogP contribution in [0.3, 0.4) is 0 Å². The van der Waals surface area contributed by atoms with Gasteiger partial charge in [0.25, 0.3) is 11.7 Å². The molecule has 1 unspecified atom stereocenters. The van der Waals surface area contributed by atoms with Gasteiger partial charge in [-0.3, -0.25) is 14.5 Å². The highest BCUT2D eigenvalue weighted by molar-refractivity contribution is 6.51. The number of rotatable bonds is 6. The van der Waals surface area contributed by atoms with Crippen LogP contribution in [0.4, 0.5) is 5.69 Å². The first-order valence-electron chi connectivity index (χ1n) is 11.0. The van der Waals surface area contributed by atoms with E-state index in [0.717, 1.165) is 17.5 Å². The third-order valence-electron chi connectivity index (χ3n) is 5.82. The van der Waals surface area contributed by atoms with E-state index in [4.69, 9.17) is 9.15 Å². The van der Waals surface area contributed by atoms with Crippen LogP contribution in [0.25, 0.3) is 5.76 Å². The number of hydrogen-bond acceptors (Lipinski definition) is 5. The molecule has 6 nitrogen and oxygen atoms in total. The van der Waals surface area contributed by atoms with Gasteiger partial charge in [-0.05, 0) is 74.7 Å². The fourth-order valence-electron chi connectivity index (χ4n) is 3.95. The lowest BCUT2D eigenvalue weighted by molar-refractivity contribution is -0.132. The second kappa shape index (κ2) is 8.98. The van der Waals surface area contributed by atoms with Gasteiger partial charge in [0.05, 0.1) is 12.2 Å². The molecule has 2 aromatic carbocycles. The van der Waals surface area contributed by atoms with Crippen LogP contribution >= 0.6 is 0 Å². The summed E-state index contributed by atoms with van der Waals surface area (Å²) in [6.45, 7) is 8.26. The van der Waals surface area contributed by atoms with Crippen molar-refractivity contribution in [1.29, 1.82) is 0 Å². The predicted octanol–water partition coefficient (Wildman–Crippen LogP) is 5.62. The fourth-order valence-corrected chi connectivity index (χ4v) is 3.95. The van der Waals surface area contributed by atoms with Crippen LogP contribution in [0, 0.1) is 20.8 Å². The molecule has 6 heteroatoms. The van der Waals surface area contributed by atoms with Gasteiger partial charge in [0, 0.05) is 11.3 Å². The highest BCUT2D eigenvalue weighted by Crippen LogP contribution is 2.43. The molecule has 4 rings (SSSR count). The Kier molecular flexibility index (Phi) is 6.09. The van der Waals surface area contributed by atoms with E-state index in [9.17, 15) is 14.7 Å². The van der Waals surface area contributed by atoms with Gasteiger partial charge >= 0.3 is 0 Å². The van der Waals surface area contributed by atoms with Gasteiger partial charge in [-0.2, -0.15) is 0 Å². The van der Waals surface area contributed by atoms with E-state index >= 15 is 0 Å². The van der Waals surface area contributed by atoms with Crippen molar-refractivity contribution in [3.05, 3.63) is 88.4 Å². The molecule has 1 atom stereocenters. The zero-order valence-electron chi connectivity index (χ0n) is 19.2. The van der Waals surface area contributed by atoms with Crippen LogP contribution in [0.15, 0.2) is 64.6 Å². The molecule has 170 valence electrons. The van der Waals surface area contributed by atoms with Crippen LogP contribution in [-0.2, 0) is 9.59 Å². The minimum Gasteiger partial charge on any atom is -0.507 e. The molecule has 0 saturated carbocycles. The van der Waals surface area contributed by atoms with Gasteiger partial charge in [-0.25, -0.2) is 0 Å². The molecule has 2 heterocycles. The SMILES string of the molecule is CCCOc1cccc(/C(O)=C2/C(=O)C(=O)N(c3ccc(C)c(C)c3)C2c2ccc(C)o2)c1. The second-order valence-corrected chi connectivity index (χ2v) is 8.26. The van der Waals surface area contributed by atoms with Gasteiger partial charge in [0.15, 0.2) is 0 Å². The van der Waals surface area contributed by atoms with Crippen molar-refractivity contribution in [3.8, 4) is 5.75 Å². The lowest BCUT2D eigenvalue weighted by Crippen LogP contribution is -2.29. The van der Waals surface area contributed by atoms with Gasteiger partial charge in [0.1, 0.15) is 29.1 Å². The summed E-state index contributed by atoms with van der Waals surface area (Å²) in [5, 5.41) is 11.2. The number of aliphatic hydroxyl groups excluding tert-OH is 1. The van der Waals surface area contributed by atoms with E-state index < -0.39 is 17.7 Å². The van der Waals surface area contributed by atoms with Gasteiger partial charge in [-0.15, -0.1) is 0 Å². The maximum atomic E-state index is 13.2. The minimum absolute atomic E-state index is 0.0137. The van der Waals surface area contributed by atoms with Crippen molar-refractivity contribution in [2.45, 2.75) is 40.2 Å². The fraction of sp³-hybridized carbons (Fsp3) is 0.259. The van der Waals surface area contributed by atoms with Crippen LogP contribution in [0.1, 0.15) is 47.6 Å². The van der Waals surface area contributed by atoms with E-state index in [1.807, 2.05) is 32.9 Å². The topological polar surface area (TPSA) is 80.0 Å². The van der Waals surface area contributed by atoms with Gasteiger partial charge in [-0.1, -0.05) is 25.1 Å². The maximum absolute atomic E-state index is 13.2. The average molecular weight is 446 g/mol. The Bertz CT molecular complexity index is 1250. The number of ether oxygens (including phenoxy) is 1. The van der Waals surface area contributed by atoms with Crippen LogP contribution in [0.5, 0.6) is 5.75 Å². The zero-order valence-corrected chi connectivity index (χ0v) is 19.2. The molecule has 0 bridgehead atoms. The van der Waals surface area contributed by atoms with Crippen LogP contribution in [-0.4, -0.2) is 23.4 Å². The molecule has 0 radical (unpaired) electrons. The number of nitrogens with zero attached hydrogens (tertiary/aromatic N) is 1. The first-order chi connectivity index (χ1) is 15.8. The smallest absolute Gasteiger partial charge is 0.300 e. The van der Waals surface area contributed by atoms with Gasteiger partial charge < -0.3 is 14.3 Å². The molecule has 33 heavy (non-hydrogen) atoms. The van der Waals surface area contributed by atoms with Crippen molar-refractivity contribution >= 4 is 23.1 Å². The van der Waals surface area contributed by atoms with E-state index in [1.165, 1.54) is 4.90 Å². The first kappa shape index (κ1) is 22.4. The Morgan fingerprint density at radius 2 is 1.82 bits per heavy atom. The second-order valence-electron chi connectivity index (χ2n) is 8.26. The van der Waals surface area contributed by atoms with Crippen molar-refractivity contribution in [2.24, 2.45) is 0 Å². The van der Waals surface area contributed by atoms with Crippen molar-refractivity contribution in [2.75, 3.05) is 11.5 Å². The number of Topliss-reactive ketones (excluding diaryl/α,β-unsaturated/α-hetero) is 1. The van der Waals surface area contributed by atoms with Crippen LogP contribution in [0.2, 0.25) is 0 Å². The molecular weight excluding hydrogens is 418 g/mol. The minimum atomic E-state index is -0.888. The summed E-state index contributed by atoms with van der Waals surface area (Å²) >= 11 is 0. The summed E-state index contributed by atoms with van der Waals surface area (Å²) < 4.78 is 11.5. The summed E-state index contributed by atoms with van der Waals surface area (Å²) in [6.07, 6.45) is 0.842. The molecule has 1 N–H and O–H groups in total. The molecule has 1 amide bonds. The Morgan fingerprint density at radius 3 is 2.48 bits per heavy atom. The Morgan fingerprint density at radius 1 is 1.03 bits per heavy atom. The molecule has 0 aliphatic carbocycles. The zero-order chi connectivity index (χ0) is 23.7. The normalized spacial score (nSPS) is 17.6. The maximum Gasteiger partial charge on any atom is 0.300 e. The number of amides is 1. The largest absolute Gasteiger partial charge is 0.507 e. The van der Waals surface area contributed by atoms with Crippen molar-refractivity contribution < 1.29 is 23.8 Å². The lowest BCUT2D eigenvalue weighted by atomic mass is 9.99. The highest BCUT2D eigenvalue weighted by Gasteiger charge is 2.48. The van der Waals surface area contributed by atoms with E-state index in [2.05, 4.69) is 0 Å². The first-order valence-corrected chi connectivity index (χ1v) is 11.0. The molecule has 1 aliphatic heterocycles. The summed E-state index contributed by atoms with van der Waals surface area (Å²) in [5.41, 5.74) is 3.02. The summed E-state index contributed by atoms with van der Waals surface area (Å²) in [6, 6.07) is 15.1. The monoisotopic (exact) mass is 445 g/mol. The molecule has 3 aromatic rings. The number of hydrogen-bond donors (Lipinski definition) is 1. The molecule has 1 aromatic heterocycles. The third-order valence-corrected chi connectivity index (χ3v) is 5.82. The Balaban J connectivity index is 1.88. The van der Waals surface area contributed by atoms with Gasteiger partial charge in [0.2, 0.25) is 0 Å². The number of furan rings is 1. The van der Waals surface area contributed by atoms with Crippen molar-refractivity contribution in [3.63, 3.8) is 0 Å². The third kappa shape index (κ3) is 4.16. The Labute approximate surface area is 193 Å². The average Bonchev–Trinajstić information content (AvgIpc) is 3.35. The number of benzene rings is 2. The molecule has 1 saturated heterocycles. The highest BCUT2D eigenvalue weighted by atomic mass is 16.5. The van der Waals surface area contributed by atoms with E-state index in [-0.39, 0.29) is 11.3 Å². The number of aliphatic hydroxyl groups is 1.